The van der Waals surface area contributed by atoms with Gasteiger partial charge in [0.15, 0.2) is 6.10 Å². The van der Waals surface area contributed by atoms with Crippen LogP contribution in [-0.2, 0) is 9.53 Å². The van der Waals surface area contributed by atoms with Gasteiger partial charge in [-0.3, -0.25) is 4.79 Å². The number of rotatable bonds is 5. The molecule has 0 spiro atoms. The lowest BCUT2D eigenvalue weighted by atomic mass is 10.2. The first kappa shape index (κ1) is 16.5. The number of aromatic nitrogens is 1. The number of carbonyl (C=O) groups is 2. The van der Waals surface area contributed by atoms with E-state index in [0.29, 0.717) is 23.5 Å². The van der Waals surface area contributed by atoms with E-state index in [1.54, 1.807) is 43.3 Å². The van der Waals surface area contributed by atoms with Gasteiger partial charge in [-0.05, 0) is 49.7 Å². The van der Waals surface area contributed by atoms with Crippen molar-refractivity contribution in [3.63, 3.8) is 0 Å². The van der Waals surface area contributed by atoms with Crippen molar-refractivity contribution in [2.75, 3.05) is 11.1 Å². The van der Waals surface area contributed by atoms with E-state index >= 15 is 0 Å². The second kappa shape index (κ2) is 7.40. The van der Waals surface area contributed by atoms with Gasteiger partial charge in [-0.15, -0.1) is 0 Å². The summed E-state index contributed by atoms with van der Waals surface area (Å²) in [6, 6.07) is 11.6. The Morgan fingerprint density at radius 3 is 2.52 bits per heavy atom. The first-order chi connectivity index (χ1) is 11.0. The summed E-state index contributed by atoms with van der Waals surface area (Å²) in [5.41, 5.74) is 7.26. The summed E-state index contributed by atoms with van der Waals surface area (Å²) in [6.45, 7) is 3.60. The lowest BCUT2D eigenvalue weighted by Crippen LogP contribution is -2.32. The lowest BCUT2D eigenvalue weighted by Gasteiger charge is -2.16. The van der Waals surface area contributed by atoms with Crippen LogP contribution in [0.2, 0.25) is 0 Å². The number of nitrogens with zero attached hydrogens (tertiary/aromatic N) is 1. The molecule has 0 radical (unpaired) electrons. The van der Waals surface area contributed by atoms with E-state index < -0.39 is 18.0 Å². The summed E-state index contributed by atoms with van der Waals surface area (Å²) in [6.07, 6.45) is -0.527. The maximum absolute atomic E-state index is 12.2. The number of pyridine rings is 1. The van der Waals surface area contributed by atoms with E-state index in [2.05, 4.69) is 10.3 Å². The topological polar surface area (TPSA) is 94.3 Å². The highest BCUT2D eigenvalue weighted by molar-refractivity contribution is 5.97. The Kier molecular flexibility index (Phi) is 5.30. The zero-order chi connectivity index (χ0) is 16.8. The van der Waals surface area contributed by atoms with Crippen molar-refractivity contribution >= 4 is 23.4 Å². The summed E-state index contributed by atoms with van der Waals surface area (Å²) in [5, 5.41) is 2.65. The van der Waals surface area contributed by atoms with Crippen molar-refractivity contribution in [2.24, 2.45) is 0 Å². The van der Waals surface area contributed by atoms with Gasteiger partial charge in [0.05, 0.1) is 5.56 Å². The van der Waals surface area contributed by atoms with Crippen LogP contribution in [0.25, 0.3) is 0 Å². The molecule has 0 bridgehead atoms. The van der Waals surface area contributed by atoms with Crippen LogP contribution in [0.4, 0.5) is 11.5 Å². The number of nitrogens with two attached hydrogens (primary N) is 1. The molecule has 1 heterocycles. The first-order valence-electron chi connectivity index (χ1n) is 7.30. The fourth-order valence-corrected chi connectivity index (χ4v) is 1.96. The van der Waals surface area contributed by atoms with E-state index in [9.17, 15) is 9.59 Å². The van der Waals surface area contributed by atoms with Crippen molar-refractivity contribution in [1.29, 1.82) is 0 Å². The van der Waals surface area contributed by atoms with E-state index in [4.69, 9.17) is 10.5 Å². The molecule has 6 nitrogen and oxygen atoms in total. The maximum atomic E-state index is 12.2. The largest absolute Gasteiger partial charge is 0.449 e. The maximum Gasteiger partial charge on any atom is 0.338 e. The highest BCUT2D eigenvalue weighted by Crippen LogP contribution is 2.11. The minimum Gasteiger partial charge on any atom is -0.449 e. The van der Waals surface area contributed by atoms with E-state index in [-0.39, 0.29) is 0 Å². The third-order valence-corrected chi connectivity index (χ3v) is 3.20. The van der Waals surface area contributed by atoms with Crippen LogP contribution in [0.5, 0.6) is 0 Å². The van der Waals surface area contributed by atoms with Gasteiger partial charge in [0, 0.05) is 11.4 Å². The molecule has 120 valence electrons. The zero-order valence-corrected chi connectivity index (χ0v) is 13.1. The van der Waals surface area contributed by atoms with Crippen molar-refractivity contribution in [3.05, 3.63) is 53.7 Å². The Morgan fingerprint density at radius 1 is 1.22 bits per heavy atom. The lowest BCUT2D eigenvalue weighted by molar-refractivity contribution is -0.124. The number of anilines is 2. The molecule has 1 atom stereocenters. The number of esters is 1. The number of aryl methyl sites for hydroxylation is 1. The molecule has 2 aromatic rings. The molecule has 1 unspecified atom stereocenters. The van der Waals surface area contributed by atoms with Crippen molar-refractivity contribution in [2.45, 2.75) is 26.4 Å². The number of nitrogens with one attached hydrogen (secondary N) is 1. The second-order valence-corrected chi connectivity index (χ2v) is 5.08. The number of amides is 1. The Hall–Kier alpha value is -2.89. The molecule has 0 aliphatic carbocycles. The SMILES string of the molecule is CCC(OC(=O)c1ccc(N)cc1)C(=O)Nc1cccc(C)n1. The number of ether oxygens (including phenoxy) is 1. The molecule has 23 heavy (non-hydrogen) atoms. The average molecular weight is 313 g/mol. The number of benzene rings is 1. The predicted octanol–water partition coefficient (Wildman–Crippen LogP) is 2.55. The van der Waals surface area contributed by atoms with Gasteiger partial charge in [-0.1, -0.05) is 13.0 Å². The Morgan fingerprint density at radius 2 is 1.91 bits per heavy atom. The minimum absolute atomic E-state index is 0.346. The summed E-state index contributed by atoms with van der Waals surface area (Å²) < 4.78 is 5.27. The number of nitrogen functional groups attached to an aromatic ring is 1. The van der Waals surface area contributed by atoms with E-state index in [1.807, 2.05) is 13.0 Å². The molecular formula is C17H19N3O3. The van der Waals surface area contributed by atoms with Crippen LogP contribution in [0, 0.1) is 6.92 Å². The third kappa shape index (κ3) is 4.54. The van der Waals surface area contributed by atoms with E-state index in [1.165, 1.54) is 0 Å². The van der Waals surface area contributed by atoms with Gasteiger partial charge < -0.3 is 15.8 Å². The summed E-state index contributed by atoms with van der Waals surface area (Å²) in [7, 11) is 0. The highest BCUT2D eigenvalue weighted by Gasteiger charge is 2.22. The van der Waals surface area contributed by atoms with Crippen LogP contribution in [0.3, 0.4) is 0 Å². The van der Waals surface area contributed by atoms with Gasteiger partial charge in [0.1, 0.15) is 5.82 Å². The highest BCUT2D eigenvalue weighted by atomic mass is 16.5. The molecule has 3 N–H and O–H groups in total. The van der Waals surface area contributed by atoms with Crippen molar-refractivity contribution < 1.29 is 14.3 Å². The molecule has 0 fully saturated rings. The van der Waals surface area contributed by atoms with Crippen LogP contribution in [0.15, 0.2) is 42.5 Å². The Balaban J connectivity index is 2.02. The molecule has 1 aromatic heterocycles. The van der Waals surface area contributed by atoms with Gasteiger partial charge in [-0.2, -0.15) is 0 Å². The van der Waals surface area contributed by atoms with E-state index in [0.717, 1.165) is 5.69 Å². The van der Waals surface area contributed by atoms with Gasteiger partial charge in [0.25, 0.3) is 5.91 Å². The molecule has 0 aliphatic heterocycles. The predicted molar refractivity (Wildman–Crippen MR) is 88.0 cm³/mol. The fraction of sp³-hybridized carbons (Fsp3) is 0.235. The Labute approximate surface area is 134 Å². The molecule has 1 aromatic carbocycles. The van der Waals surface area contributed by atoms with Gasteiger partial charge in [-0.25, -0.2) is 9.78 Å². The normalized spacial score (nSPS) is 11.6. The monoisotopic (exact) mass is 313 g/mol. The minimum atomic E-state index is -0.887. The summed E-state index contributed by atoms with van der Waals surface area (Å²) in [4.78, 5) is 28.5. The van der Waals surface area contributed by atoms with Crippen LogP contribution in [-0.4, -0.2) is 23.0 Å². The average Bonchev–Trinajstić information content (AvgIpc) is 2.53. The molecule has 0 saturated heterocycles. The molecule has 6 heteroatoms. The molecule has 0 saturated carbocycles. The van der Waals surface area contributed by atoms with Gasteiger partial charge in [0.2, 0.25) is 0 Å². The van der Waals surface area contributed by atoms with Gasteiger partial charge >= 0.3 is 5.97 Å². The van der Waals surface area contributed by atoms with Crippen molar-refractivity contribution in [1.82, 2.24) is 4.98 Å². The summed E-state index contributed by atoms with van der Waals surface area (Å²) in [5.74, 6) is -0.546. The van der Waals surface area contributed by atoms with Crippen LogP contribution < -0.4 is 11.1 Å². The second-order valence-electron chi connectivity index (χ2n) is 5.08. The molecule has 2 rings (SSSR count). The van der Waals surface area contributed by atoms with Crippen molar-refractivity contribution in [3.8, 4) is 0 Å². The molecular weight excluding hydrogens is 294 g/mol. The standard InChI is InChI=1S/C17H19N3O3/c1-3-14(16(21)20-15-6-4-5-11(2)19-15)23-17(22)12-7-9-13(18)10-8-12/h4-10,14H,3,18H2,1-2H3,(H,19,20,21). The first-order valence-corrected chi connectivity index (χ1v) is 7.30. The number of carbonyl (C=O) groups excluding carboxylic acids is 2. The molecule has 1 amide bonds. The fourth-order valence-electron chi connectivity index (χ4n) is 1.96. The number of hydrogen-bond acceptors (Lipinski definition) is 5. The third-order valence-electron chi connectivity index (χ3n) is 3.20. The number of hydrogen-bond donors (Lipinski definition) is 2. The zero-order valence-electron chi connectivity index (χ0n) is 13.1. The summed E-state index contributed by atoms with van der Waals surface area (Å²) >= 11 is 0. The quantitative estimate of drug-likeness (QED) is 0.653. The Bertz CT molecular complexity index is 698. The smallest absolute Gasteiger partial charge is 0.338 e. The van der Waals surface area contributed by atoms with Crippen LogP contribution >= 0.6 is 0 Å². The van der Waals surface area contributed by atoms with Crippen LogP contribution in [0.1, 0.15) is 29.4 Å². The molecule has 0 aliphatic rings.